The van der Waals surface area contributed by atoms with E-state index in [1.54, 1.807) is 0 Å². The number of halogens is 3. The molecule has 2 N–H and O–H groups in total. The first-order valence-electron chi connectivity index (χ1n) is 6.59. The highest BCUT2D eigenvalue weighted by Gasteiger charge is 2.33. The second-order valence-electron chi connectivity index (χ2n) is 4.80. The number of hydrogen-bond acceptors (Lipinski definition) is 3. The largest absolute Gasteiger partial charge is 0.416 e. The van der Waals surface area contributed by atoms with E-state index in [1.165, 1.54) is 12.1 Å². The Kier molecular flexibility index (Phi) is 5.31. The van der Waals surface area contributed by atoms with E-state index in [1.807, 2.05) is 23.5 Å². The van der Waals surface area contributed by atoms with Gasteiger partial charge in [-0.05, 0) is 24.1 Å². The molecule has 1 aromatic carbocycles. The normalized spacial score (nSPS) is 25.4. The average molecular weight is 321 g/mol. The molecule has 3 unspecified atom stereocenters. The van der Waals surface area contributed by atoms with Crippen LogP contribution >= 0.6 is 23.5 Å². The summed E-state index contributed by atoms with van der Waals surface area (Å²) < 4.78 is 37.7. The quantitative estimate of drug-likeness (QED) is 0.897. The van der Waals surface area contributed by atoms with Crippen molar-refractivity contribution in [3.63, 3.8) is 0 Å². The van der Waals surface area contributed by atoms with Crippen LogP contribution in [0.5, 0.6) is 0 Å². The molecule has 1 aromatic rings. The maximum absolute atomic E-state index is 12.6. The fourth-order valence-corrected chi connectivity index (χ4v) is 5.54. The molecule has 3 atom stereocenters. The summed E-state index contributed by atoms with van der Waals surface area (Å²) in [6, 6.07) is 5.06. The number of thioether (sulfide) groups is 2. The summed E-state index contributed by atoms with van der Waals surface area (Å²) in [5.74, 6) is 2.18. The predicted octanol–water partition coefficient (Wildman–Crippen LogP) is 4.33. The highest BCUT2D eigenvalue weighted by atomic mass is 32.2. The van der Waals surface area contributed by atoms with Gasteiger partial charge in [-0.3, -0.25) is 0 Å². The predicted molar refractivity (Wildman–Crippen MR) is 81.2 cm³/mol. The van der Waals surface area contributed by atoms with Crippen molar-refractivity contribution in [2.75, 3.05) is 11.5 Å². The molecular weight excluding hydrogens is 303 g/mol. The third kappa shape index (κ3) is 3.65. The Bertz CT molecular complexity index is 433. The van der Waals surface area contributed by atoms with E-state index in [0.717, 1.165) is 35.6 Å². The monoisotopic (exact) mass is 321 g/mol. The minimum absolute atomic E-state index is 0.208. The second kappa shape index (κ2) is 6.62. The summed E-state index contributed by atoms with van der Waals surface area (Å²) in [5.41, 5.74) is 6.45. The second-order valence-corrected chi connectivity index (χ2v) is 7.43. The zero-order valence-corrected chi connectivity index (χ0v) is 12.8. The Hall–Kier alpha value is -0.330. The molecule has 0 spiro atoms. The molecule has 1 heterocycles. The van der Waals surface area contributed by atoms with Crippen LogP contribution in [-0.2, 0) is 6.18 Å². The van der Waals surface area contributed by atoms with Gasteiger partial charge in [-0.15, -0.1) is 0 Å². The van der Waals surface area contributed by atoms with Gasteiger partial charge in [0.05, 0.1) is 5.56 Å². The molecule has 1 fully saturated rings. The Morgan fingerprint density at radius 3 is 2.35 bits per heavy atom. The van der Waals surface area contributed by atoms with Crippen LogP contribution in [0.3, 0.4) is 0 Å². The van der Waals surface area contributed by atoms with Gasteiger partial charge in [-0.2, -0.15) is 36.7 Å². The fourth-order valence-electron chi connectivity index (χ4n) is 2.35. The first-order chi connectivity index (χ1) is 9.43. The zero-order valence-electron chi connectivity index (χ0n) is 11.2. The van der Waals surface area contributed by atoms with E-state index < -0.39 is 11.7 Å². The van der Waals surface area contributed by atoms with Crippen molar-refractivity contribution in [1.82, 2.24) is 0 Å². The minimum atomic E-state index is -4.29. The molecule has 0 radical (unpaired) electrons. The molecule has 1 saturated heterocycles. The third-order valence-corrected chi connectivity index (χ3v) is 6.84. The number of alkyl halides is 3. The van der Waals surface area contributed by atoms with E-state index in [9.17, 15) is 13.2 Å². The maximum atomic E-state index is 12.6. The molecule has 0 bridgehead atoms. The molecule has 1 aliphatic rings. The van der Waals surface area contributed by atoms with E-state index in [0.29, 0.717) is 5.25 Å². The van der Waals surface area contributed by atoms with Crippen LogP contribution in [0.4, 0.5) is 13.2 Å². The van der Waals surface area contributed by atoms with Crippen LogP contribution in [0.15, 0.2) is 24.3 Å². The average Bonchev–Trinajstić information content (AvgIpc) is 2.45. The van der Waals surface area contributed by atoms with Gasteiger partial charge in [0, 0.05) is 28.0 Å². The van der Waals surface area contributed by atoms with Gasteiger partial charge in [-0.25, -0.2) is 0 Å². The molecule has 0 saturated carbocycles. The highest BCUT2D eigenvalue weighted by molar-refractivity contribution is 8.07. The Labute approximate surface area is 125 Å². The van der Waals surface area contributed by atoms with E-state index in [-0.39, 0.29) is 11.3 Å². The molecule has 1 nitrogen and oxygen atoms in total. The lowest BCUT2D eigenvalue weighted by Gasteiger charge is -2.34. The van der Waals surface area contributed by atoms with Crippen LogP contribution in [0.1, 0.15) is 30.5 Å². The van der Waals surface area contributed by atoms with E-state index >= 15 is 0 Å². The third-order valence-electron chi connectivity index (χ3n) is 3.47. The Morgan fingerprint density at radius 2 is 1.80 bits per heavy atom. The molecule has 0 aliphatic carbocycles. The zero-order chi connectivity index (χ0) is 14.8. The van der Waals surface area contributed by atoms with Crippen molar-refractivity contribution >= 4 is 23.5 Å². The van der Waals surface area contributed by atoms with Gasteiger partial charge in [0.25, 0.3) is 0 Å². The van der Waals surface area contributed by atoms with Gasteiger partial charge in [0.2, 0.25) is 0 Å². The van der Waals surface area contributed by atoms with Crippen LogP contribution in [0, 0.1) is 0 Å². The summed E-state index contributed by atoms with van der Waals surface area (Å²) in [6.45, 7) is 2.13. The summed E-state index contributed by atoms with van der Waals surface area (Å²) in [5, 5.41) is 0.751. The number of hydrogen-bond donors (Lipinski definition) is 1. The molecule has 0 amide bonds. The van der Waals surface area contributed by atoms with Crippen molar-refractivity contribution < 1.29 is 13.2 Å². The number of nitrogens with two attached hydrogens (primary N) is 1. The fraction of sp³-hybridized carbons (Fsp3) is 0.571. The molecule has 112 valence electrons. The molecule has 1 aliphatic heterocycles. The smallest absolute Gasteiger partial charge is 0.323 e. The van der Waals surface area contributed by atoms with Crippen molar-refractivity contribution in [2.24, 2.45) is 5.73 Å². The maximum Gasteiger partial charge on any atom is 0.416 e. The summed E-state index contributed by atoms with van der Waals surface area (Å²) in [7, 11) is 0. The van der Waals surface area contributed by atoms with Crippen molar-refractivity contribution in [3.8, 4) is 0 Å². The van der Waals surface area contributed by atoms with Crippen LogP contribution < -0.4 is 5.73 Å². The molecule has 6 heteroatoms. The Morgan fingerprint density at radius 1 is 1.20 bits per heavy atom. The molecule has 20 heavy (non-hydrogen) atoms. The van der Waals surface area contributed by atoms with Crippen molar-refractivity contribution in [3.05, 3.63) is 35.4 Å². The first-order valence-corrected chi connectivity index (χ1v) is 8.69. The Balaban J connectivity index is 2.14. The van der Waals surface area contributed by atoms with Crippen LogP contribution in [-0.4, -0.2) is 22.0 Å². The minimum Gasteiger partial charge on any atom is -0.323 e. The molecule has 0 aromatic heterocycles. The van der Waals surface area contributed by atoms with E-state index in [4.69, 9.17) is 5.73 Å². The van der Waals surface area contributed by atoms with Gasteiger partial charge in [0.1, 0.15) is 0 Å². The van der Waals surface area contributed by atoms with Crippen LogP contribution in [0.25, 0.3) is 0 Å². The lowest BCUT2D eigenvalue weighted by molar-refractivity contribution is -0.137. The highest BCUT2D eigenvalue weighted by Crippen LogP contribution is 2.39. The molecular formula is C14H18F3NS2. The number of rotatable bonds is 3. The van der Waals surface area contributed by atoms with Gasteiger partial charge in [-0.1, -0.05) is 19.1 Å². The topological polar surface area (TPSA) is 26.0 Å². The van der Waals surface area contributed by atoms with E-state index in [2.05, 4.69) is 6.92 Å². The lowest BCUT2D eigenvalue weighted by Crippen LogP contribution is -2.35. The van der Waals surface area contributed by atoms with Gasteiger partial charge in [0.15, 0.2) is 0 Å². The summed E-state index contributed by atoms with van der Waals surface area (Å²) in [4.78, 5) is 0. The lowest BCUT2D eigenvalue weighted by atomic mass is 10.00. The summed E-state index contributed by atoms with van der Waals surface area (Å²) in [6.07, 6.45) is -3.25. The van der Waals surface area contributed by atoms with Crippen molar-refractivity contribution in [1.29, 1.82) is 0 Å². The van der Waals surface area contributed by atoms with Crippen LogP contribution in [0.2, 0.25) is 0 Å². The number of benzene rings is 1. The van der Waals surface area contributed by atoms with Gasteiger partial charge >= 0.3 is 6.18 Å². The van der Waals surface area contributed by atoms with Gasteiger partial charge < -0.3 is 5.73 Å². The molecule has 2 rings (SSSR count). The summed E-state index contributed by atoms with van der Waals surface area (Å²) >= 11 is 3.76. The SMILES string of the molecule is CCC1SCCSC1C(N)c1ccc(C(F)(F)F)cc1. The van der Waals surface area contributed by atoms with Crippen molar-refractivity contribution in [2.45, 2.75) is 36.1 Å². The standard InChI is InChI=1S/C14H18F3NS2/c1-2-11-13(20-8-7-19-11)12(18)9-3-5-10(6-4-9)14(15,16)17/h3-6,11-13H,2,7-8,18H2,1H3. The first kappa shape index (κ1) is 16.0.